The van der Waals surface area contributed by atoms with E-state index in [-0.39, 0.29) is 5.91 Å². The third-order valence-corrected chi connectivity index (χ3v) is 7.82. The summed E-state index contributed by atoms with van der Waals surface area (Å²) in [7, 11) is 0. The molecule has 0 aromatic carbocycles. The van der Waals surface area contributed by atoms with Gasteiger partial charge in [-0.3, -0.25) is 9.69 Å². The van der Waals surface area contributed by atoms with Gasteiger partial charge in [-0.15, -0.1) is 11.3 Å². The van der Waals surface area contributed by atoms with E-state index in [0.717, 1.165) is 49.6 Å². The Hall–Kier alpha value is -1.70. The van der Waals surface area contributed by atoms with Crippen molar-refractivity contribution in [1.82, 2.24) is 20.3 Å². The number of rotatable bonds is 4. The molecule has 4 aliphatic rings. The van der Waals surface area contributed by atoms with Crippen molar-refractivity contribution in [2.75, 3.05) is 26.2 Å². The number of hydrogen-bond acceptors (Lipinski definition) is 6. The van der Waals surface area contributed by atoms with E-state index < -0.39 is 0 Å². The van der Waals surface area contributed by atoms with Gasteiger partial charge in [-0.05, 0) is 57.7 Å². The quantitative estimate of drug-likeness (QED) is 0.855. The van der Waals surface area contributed by atoms with Crippen LogP contribution in [0.2, 0.25) is 0 Å². The predicted molar refractivity (Wildman–Crippen MR) is 109 cm³/mol. The molecule has 6 heterocycles. The molecule has 3 fully saturated rings. The summed E-state index contributed by atoms with van der Waals surface area (Å²) in [4.78, 5) is 19.2. The lowest BCUT2D eigenvalue weighted by molar-refractivity contribution is 0.0620. The molecule has 4 aliphatic heterocycles. The highest BCUT2D eigenvalue weighted by atomic mass is 32.1. The topological polar surface area (TPSA) is 61.6 Å². The van der Waals surface area contributed by atoms with Crippen LogP contribution in [0.5, 0.6) is 0 Å². The highest BCUT2D eigenvalue weighted by Gasteiger charge is 2.35. The number of carbonyl (C=O) groups is 1. The van der Waals surface area contributed by atoms with Crippen LogP contribution < -0.4 is 5.32 Å². The van der Waals surface area contributed by atoms with Crippen molar-refractivity contribution in [3.8, 4) is 0 Å². The predicted octanol–water partition coefficient (Wildman–Crippen LogP) is 2.74. The Morgan fingerprint density at radius 3 is 2.82 bits per heavy atom. The Labute approximate surface area is 169 Å². The number of nitrogens with zero attached hydrogens (tertiary/aromatic N) is 3. The Kier molecular flexibility index (Phi) is 4.77. The van der Waals surface area contributed by atoms with Crippen molar-refractivity contribution >= 4 is 17.2 Å². The molecule has 1 N–H and O–H groups in total. The molecule has 0 unspecified atom stereocenters. The molecule has 150 valence electrons. The first-order valence-electron chi connectivity index (χ1n) is 10.3. The molecule has 3 saturated heterocycles. The van der Waals surface area contributed by atoms with Crippen LogP contribution in [0.15, 0.2) is 9.90 Å². The van der Waals surface area contributed by atoms with Crippen LogP contribution in [0.3, 0.4) is 0 Å². The minimum Gasteiger partial charge on any atom is -0.361 e. The normalized spacial score (nSPS) is 27.0. The van der Waals surface area contributed by atoms with Crippen molar-refractivity contribution in [2.45, 2.75) is 52.2 Å². The van der Waals surface area contributed by atoms with Gasteiger partial charge < -0.3 is 14.7 Å². The van der Waals surface area contributed by atoms with Gasteiger partial charge in [0, 0.05) is 48.0 Å². The van der Waals surface area contributed by atoms with Crippen LogP contribution in [0, 0.1) is 19.8 Å². The van der Waals surface area contributed by atoms with Crippen LogP contribution >= 0.6 is 11.3 Å². The van der Waals surface area contributed by atoms with Crippen LogP contribution in [-0.4, -0.2) is 53.1 Å². The second kappa shape index (κ2) is 7.28. The lowest BCUT2D eigenvalue weighted by Gasteiger charge is -2.44. The number of hydrogen-bond donors (Lipinski definition) is 1. The molecule has 7 heteroatoms. The van der Waals surface area contributed by atoms with Gasteiger partial charge >= 0.3 is 0 Å². The first kappa shape index (κ1) is 18.3. The molecule has 2 aromatic heterocycles. The van der Waals surface area contributed by atoms with E-state index in [1.807, 2.05) is 13.8 Å². The third kappa shape index (κ3) is 3.29. The molecule has 0 radical (unpaired) electrons. The molecule has 1 amide bonds. The fraction of sp³-hybridized carbons (Fsp3) is 0.619. The van der Waals surface area contributed by atoms with E-state index in [4.69, 9.17) is 4.52 Å². The maximum atomic E-state index is 13.0. The lowest BCUT2D eigenvalue weighted by atomic mass is 9.84. The molecule has 0 spiro atoms. The summed E-state index contributed by atoms with van der Waals surface area (Å²) in [5.41, 5.74) is 4.35. The maximum Gasteiger partial charge on any atom is 0.252 e. The monoisotopic (exact) mass is 400 g/mol. The van der Waals surface area contributed by atoms with E-state index >= 15 is 0 Å². The lowest BCUT2D eigenvalue weighted by Crippen LogP contribution is -2.57. The molecule has 6 nitrogen and oxygen atoms in total. The molecular weight excluding hydrogens is 372 g/mol. The van der Waals surface area contributed by atoms with Gasteiger partial charge in [0.1, 0.15) is 5.76 Å². The zero-order chi connectivity index (χ0) is 19.3. The number of aromatic nitrogens is 1. The first-order valence-corrected chi connectivity index (χ1v) is 11.2. The van der Waals surface area contributed by atoms with Crippen LogP contribution in [0.25, 0.3) is 0 Å². The van der Waals surface area contributed by atoms with Gasteiger partial charge in [0.05, 0.1) is 11.3 Å². The summed E-state index contributed by atoms with van der Waals surface area (Å²) >= 11 is 1.73. The second-order valence-corrected chi connectivity index (χ2v) is 9.50. The summed E-state index contributed by atoms with van der Waals surface area (Å²) in [5, 5.41) is 9.50. The number of aryl methyl sites for hydroxylation is 2. The van der Waals surface area contributed by atoms with Crippen LogP contribution in [0.4, 0.5) is 0 Å². The van der Waals surface area contributed by atoms with Crippen molar-refractivity contribution in [2.24, 2.45) is 5.92 Å². The van der Waals surface area contributed by atoms with Crippen molar-refractivity contribution < 1.29 is 9.32 Å². The van der Waals surface area contributed by atoms with E-state index in [1.165, 1.54) is 41.9 Å². The number of nitrogens with one attached hydrogen (secondary N) is 1. The largest absolute Gasteiger partial charge is 0.361 e. The van der Waals surface area contributed by atoms with Crippen molar-refractivity contribution in [3.05, 3.63) is 38.4 Å². The zero-order valence-electron chi connectivity index (χ0n) is 16.7. The molecular formula is C21H28N4O2S. The number of amides is 1. The fourth-order valence-corrected chi connectivity index (χ4v) is 6.15. The highest BCUT2D eigenvalue weighted by molar-refractivity contribution is 7.10. The smallest absolute Gasteiger partial charge is 0.252 e. The third-order valence-electron chi connectivity index (χ3n) is 6.81. The standard InChI is InChI=1S/C21H28N4O2S/c1-13-17(14(2)27-23-13)9-25-8-5-16-18(12-28-20(16)11-25)21(26)22-19-10-24-6-3-15(19)4-7-24/h12,15,19H,3-11H2,1-2H3,(H,22,26)/t19-/m0/s1. The molecule has 1 atom stereocenters. The van der Waals surface area contributed by atoms with E-state index in [1.54, 1.807) is 11.3 Å². The van der Waals surface area contributed by atoms with E-state index in [2.05, 4.69) is 25.7 Å². The SMILES string of the molecule is Cc1noc(C)c1CN1CCc2c(C(=O)N[C@H]3CN4CCC3CC4)csc2C1. The highest BCUT2D eigenvalue weighted by Crippen LogP contribution is 2.31. The van der Waals surface area contributed by atoms with Gasteiger partial charge in [0.2, 0.25) is 0 Å². The maximum absolute atomic E-state index is 13.0. The van der Waals surface area contributed by atoms with Crippen molar-refractivity contribution in [3.63, 3.8) is 0 Å². The summed E-state index contributed by atoms with van der Waals surface area (Å²) in [5.74, 6) is 1.71. The number of thiophene rings is 1. The van der Waals surface area contributed by atoms with Gasteiger partial charge in [-0.25, -0.2) is 0 Å². The van der Waals surface area contributed by atoms with Gasteiger partial charge in [0.25, 0.3) is 5.91 Å². The number of fused-ring (bicyclic) bond motifs is 4. The van der Waals surface area contributed by atoms with Crippen molar-refractivity contribution in [1.29, 1.82) is 0 Å². The molecule has 28 heavy (non-hydrogen) atoms. The fourth-order valence-electron chi connectivity index (χ4n) is 5.03. The summed E-state index contributed by atoms with van der Waals surface area (Å²) in [6, 6.07) is 0.324. The minimum absolute atomic E-state index is 0.135. The van der Waals surface area contributed by atoms with Crippen LogP contribution in [0.1, 0.15) is 50.7 Å². The second-order valence-electron chi connectivity index (χ2n) is 8.53. The van der Waals surface area contributed by atoms with E-state index in [0.29, 0.717) is 12.0 Å². The van der Waals surface area contributed by atoms with Gasteiger partial charge in [-0.1, -0.05) is 5.16 Å². The number of piperidine rings is 3. The molecule has 2 aromatic rings. The Bertz CT molecular complexity index is 862. The molecule has 6 rings (SSSR count). The Morgan fingerprint density at radius 1 is 1.32 bits per heavy atom. The van der Waals surface area contributed by atoms with Crippen LogP contribution in [-0.2, 0) is 19.5 Å². The van der Waals surface area contributed by atoms with Gasteiger partial charge in [-0.2, -0.15) is 0 Å². The number of carbonyl (C=O) groups excluding carboxylic acids is 1. The average molecular weight is 401 g/mol. The van der Waals surface area contributed by atoms with E-state index in [9.17, 15) is 4.79 Å². The average Bonchev–Trinajstić information content (AvgIpc) is 3.27. The zero-order valence-corrected chi connectivity index (χ0v) is 17.5. The molecule has 0 saturated carbocycles. The summed E-state index contributed by atoms with van der Waals surface area (Å²) < 4.78 is 5.30. The summed E-state index contributed by atoms with van der Waals surface area (Å²) in [6.45, 7) is 10.1. The first-order chi connectivity index (χ1) is 13.6. The molecule has 0 aliphatic carbocycles. The Balaban J connectivity index is 1.26. The minimum atomic E-state index is 0.135. The Morgan fingerprint density at radius 2 is 2.14 bits per heavy atom. The summed E-state index contributed by atoms with van der Waals surface area (Å²) in [6.07, 6.45) is 3.39. The van der Waals surface area contributed by atoms with Gasteiger partial charge in [0.15, 0.2) is 0 Å². The molecule has 2 bridgehead atoms.